The second-order valence-corrected chi connectivity index (χ2v) is 4.60. The Morgan fingerprint density at radius 2 is 2.11 bits per heavy atom. The monoisotopic (exact) mass is 271 g/mol. The van der Waals surface area contributed by atoms with E-state index in [0.717, 1.165) is 12.0 Å². The lowest BCUT2D eigenvalue weighted by Gasteiger charge is -2.37. The molecule has 1 fully saturated rings. The first-order chi connectivity index (χ1) is 8.72. The fourth-order valence-corrected chi connectivity index (χ4v) is 2.38. The summed E-state index contributed by atoms with van der Waals surface area (Å²) in [5, 5.41) is 0.546. The number of benzene rings is 1. The van der Waals surface area contributed by atoms with E-state index >= 15 is 0 Å². The zero-order valence-electron chi connectivity index (χ0n) is 10.4. The number of hydrogen-bond acceptors (Lipinski definition) is 4. The summed E-state index contributed by atoms with van der Waals surface area (Å²) >= 11 is 6.14. The van der Waals surface area contributed by atoms with Crippen LogP contribution in [0.2, 0.25) is 5.02 Å². The normalized spacial score (nSPS) is 18.6. The minimum Gasteiger partial charge on any atom is -0.495 e. The molecule has 1 aliphatic rings. The summed E-state index contributed by atoms with van der Waals surface area (Å²) in [5.41, 5.74) is 6.55. The van der Waals surface area contributed by atoms with Gasteiger partial charge in [-0.15, -0.1) is 0 Å². The Kier molecular flexibility index (Phi) is 4.45. The zero-order chi connectivity index (χ0) is 13.0. The number of nitrogens with two attached hydrogens (primary N) is 1. The lowest BCUT2D eigenvalue weighted by Crippen LogP contribution is -2.39. The van der Waals surface area contributed by atoms with Crippen molar-refractivity contribution in [2.75, 3.05) is 26.9 Å². The Hall–Kier alpha value is -0.810. The summed E-state index contributed by atoms with van der Waals surface area (Å²) in [5.74, 6) is -0.123. The Balaban J connectivity index is 2.33. The number of halogens is 1. The van der Waals surface area contributed by atoms with Crippen molar-refractivity contribution in [3.63, 3.8) is 0 Å². The van der Waals surface area contributed by atoms with Crippen LogP contribution in [0.4, 0.5) is 0 Å². The van der Waals surface area contributed by atoms with E-state index in [1.807, 2.05) is 18.2 Å². The van der Waals surface area contributed by atoms with Crippen molar-refractivity contribution in [3.8, 4) is 5.75 Å². The van der Waals surface area contributed by atoms with Gasteiger partial charge >= 0.3 is 0 Å². The fraction of sp³-hybridized carbons (Fsp3) is 0.538. The van der Waals surface area contributed by atoms with E-state index in [1.165, 1.54) is 0 Å². The van der Waals surface area contributed by atoms with Gasteiger partial charge in [-0.25, -0.2) is 0 Å². The molecule has 2 N–H and O–H groups in total. The van der Waals surface area contributed by atoms with Crippen LogP contribution in [0.1, 0.15) is 18.4 Å². The lowest BCUT2D eigenvalue weighted by molar-refractivity contribution is -0.278. The Bertz CT molecular complexity index is 400. The van der Waals surface area contributed by atoms with E-state index in [1.54, 1.807) is 7.11 Å². The summed E-state index contributed by atoms with van der Waals surface area (Å²) in [6.07, 6.45) is 1.51. The molecule has 0 unspecified atom stereocenters. The molecule has 1 aromatic rings. The van der Waals surface area contributed by atoms with Crippen molar-refractivity contribution in [2.45, 2.75) is 18.6 Å². The third-order valence-corrected chi connectivity index (χ3v) is 3.32. The second-order valence-electron chi connectivity index (χ2n) is 4.19. The van der Waals surface area contributed by atoms with Crippen LogP contribution < -0.4 is 10.5 Å². The van der Waals surface area contributed by atoms with Crippen molar-refractivity contribution in [1.82, 2.24) is 0 Å². The minimum atomic E-state index is -0.761. The first-order valence-corrected chi connectivity index (χ1v) is 6.41. The van der Waals surface area contributed by atoms with Crippen molar-refractivity contribution < 1.29 is 14.2 Å². The molecule has 0 atom stereocenters. The average Bonchev–Trinajstić information content (AvgIpc) is 2.40. The van der Waals surface area contributed by atoms with E-state index in [-0.39, 0.29) is 0 Å². The standard InChI is InChI=1S/C13H18ClNO3/c1-16-12-4-3-10(9-11(12)14)13(5-6-15)17-7-2-8-18-13/h3-4,9H,2,5-8,15H2,1H3. The molecule has 0 amide bonds. The Morgan fingerprint density at radius 3 is 2.67 bits per heavy atom. The van der Waals surface area contributed by atoms with Gasteiger partial charge in [0.2, 0.25) is 0 Å². The van der Waals surface area contributed by atoms with Crippen LogP contribution in [0.3, 0.4) is 0 Å². The summed E-state index contributed by atoms with van der Waals surface area (Å²) in [6.45, 7) is 1.83. The van der Waals surface area contributed by atoms with Crippen molar-refractivity contribution in [2.24, 2.45) is 5.73 Å². The molecule has 1 saturated heterocycles. The maximum absolute atomic E-state index is 6.14. The molecule has 1 heterocycles. The molecule has 5 heteroatoms. The SMILES string of the molecule is COc1ccc(C2(CCN)OCCCO2)cc1Cl. The lowest BCUT2D eigenvalue weighted by atomic mass is 10.0. The highest BCUT2D eigenvalue weighted by Crippen LogP contribution is 2.37. The van der Waals surface area contributed by atoms with Gasteiger partial charge in [-0.2, -0.15) is 0 Å². The highest BCUT2D eigenvalue weighted by molar-refractivity contribution is 6.32. The zero-order valence-corrected chi connectivity index (χ0v) is 11.2. The first-order valence-electron chi connectivity index (χ1n) is 6.04. The molecule has 4 nitrogen and oxygen atoms in total. The topological polar surface area (TPSA) is 53.7 Å². The fourth-order valence-electron chi connectivity index (χ4n) is 2.12. The highest BCUT2D eigenvalue weighted by atomic mass is 35.5. The molecule has 0 saturated carbocycles. The largest absolute Gasteiger partial charge is 0.495 e. The van der Waals surface area contributed by atoms with Gasteiger partial charge in [-0.3, -0.25) is 0 Å². The molecule has 0 aromatic heterocycles. The van der Waals surface area contributed by atoms with Crippen molar-refractivity contribution in [3.05, 3.63) is 28.8 Å². The average molecular weight is 272 g/mol. The predicted octanol–water partition coefficient (Wildman–Crippen LogP) is 2.29. The van der Waals surface area contributed by atoms with Crippen LogP contribution in [-0.4, -0.2) is 26.9 Å². The summed E-state index contributed by atoms with van der Waals surface area (Å²) in [6, 6.07) is 5.55. The van der Waals surface area contributed by atoms with Gasteiger partial charge in [0.15, 0.2) is 5.79 Å². The van der Waals surface area contributed by atoms with Crippen molar-refractivity contribution in [1.29, 1.82) is 0 Å². The number of hydrogen-bond donors (Lipinski definition) is 1. The number of methoxy groups -OCH3 is 1. The molecule has 0 spiro atoms. The van der Waals surface area contributed by atoms with Crippen LogP contribution in [0.15, 0.2) is 18.2 Å². The van der Waals surface area contributed by atoms with Gasteiger partial charge in [0.1, 0.15) is 5.75 Å². The Labute approximate surface area is 112 Å². The van der Waals surface area contributed by atoms with Gasteiger partial charge in [0.05, 0.1) is 25.3 Å². The second kappa shape index (κ2) is 5.89. The van der Waals surface area contributed by atoms with Crippen LogP contribution >= 0.6 is 11.6 Å². The van der Waals surface area contributed by atoms with E-state index < -0.39 is 5.79 Å². The Morgan fingerprint density at radius 1 is 1.39 bits per heavy atom. The van der Waals surface area contributed by atoms with Gasteiger partial charge in [0, 0.05) is 12.0 Å². The van der Waals surface area contributed by atoms with Crippen LogP contribution in [-0.2, 0) is 15.3 Å². The molecule has 18 heavy (non-hydrogen) atoms. The maximum Gasteiger partial charge on any atom is 0.196 e. The summed E-state index contributed by atoms with van der Waals surface area (Å²) in [4.78, 5) is 0. The van der Waals surface area contributed by atoms with Gasteiger partial charge in [-0.05, 0) is 31.2 Å². The van der Waals surface area contributed by atoms with E-state index in [9.17, 15) is 0 Å². The van der Waals surface area contributed by atoms with Gasteiger partial charge in [0.25, 0.3) is 0 Å². The van der Waals surface area contributed by atoms with Crippen LogP contribution in [0, 0.1) is 0 Å². The first kappa shape index (κ1) is 13.6. The third kappa shape index (κ3) is 2.62. The quantitative estimate of drug-likeness (QED) is 0.913. The number of rotatable bonds is 4. The summed E-state index contributed by atoms with van der Waals surface area (Å²) < 4.78 is 16.8. The van der Waals surface area contributed by atoms with E-state index in [0.29, 0.717) is 37.0 Å². The minimum absolute atomic E-state index is 0.490. The van der Waals surface area contributed by atoms with Gasteiger partial charge < -0.3 is 19.9 Å². The summed E-state index contributed by atoms with van der Waals surface area (Å²) in [7, 11) is 1.59. The molecule has 0 radical (unpaired) electrons. The molecular formula is C13H18ClNO3. The molecule has 0 bridgehead atoms. The highest BCUT2D eigenvalue weighted by Gasteiger charge is 2.36. The van der Waals surface area contributed by atoms with Crippen LogP contribution in [0.25, 0.3) is 0 Å². The molecule has 100 valence electrons. The smallest absolute Gasteiger partial charge is 0.196 e. The molecule has 0 aliphatic carbocycles. The van der Waals surface area contributed by atoms with Crippen LogP contribution in [0.5, 0.6) is 5.75 Å². The molecule has 1 aromatic carbocycles. The molecule has 1 aliphatic heterocycles. The van der Waals surface area contributed by atoms with E-state index in [2.05, 4.69) is 0 Å². The maximum atomic E-state index is 6.14. The van der Waals surface area contributed by atoms with Gasteiger partial charge in [-0.1, -0.05) is 11.6 Å². The third-order valence-electron chi connectivity index (χ3n) is 3.02. The van der Waals surface area contributed by atoms with Crippen molar-refractivity contribution >= 4 is 11.6 Å². The molecular weight excluding hydrogens is 254 g/mol. The predicted molar refractivity (Wildman–Crippen MR) is 69.9 cm³/mol. The van der Waals surface area contributed by atoms with E-state index in [4.69, 9.17) is 31.5 Å². The number of ether oxygens (including phenoxy) is 3. The molecule has 2 rings (SSSR count).